The minimum Gasteiger partial charge on any atom is -0.394 e. The zero-order chi connectivity index (χ0) is 16.7. The summed E-state index contributed by atoms with van der Waals surface area (Å²) in [5.41, 5.74) is 0.655. The van der Waals surface area contributed by atoms with Gasteiger partial charge in [-0.1, -0.05) is 0 Å². The van der Waals surface area contributed by atoms with Crippen LogP contribution in [0.25, 0.3) is 0 Å². The van der Waals surface area contributed by atoms with Crippen LogP contribution in [0.1, 0.15) is 0 Å². The molecule has 2 rings (SSSR count). The number of nitrogens with two attached hydrogens (primary N) is 1. The lowest BCUT2D eigenvalue weighted by Gasteiger charge is -2.38. The second-order valence-electron chi connectivity index (χ2n) is 4.81. The number of aliphatic hydroxyl groups excluding tert-OH is 3. The SMILES string of the molecule is Nc1ccn([C@]2(C(F)(F)CF)O[C@H](CO)[C@@H](O)[C@H]2O)c(=O)n1. The summed E-state index contributed by atoms with van der Waals surface area (Å²) in [5, 5.41) is 28.7. The number of alkyl halides is 3. The molecule has 22 heavy (non-hydrogen) atoms. The maximum atomic E-state index is 14.1. The van der Waals surface area contributed by atoms with Gasteiger partial charge in [-0.05, 0) is 6.07 Å². The van der Waals surface area contributed by atoms with Gasteiger partial charge in [0.05, 0.1) is 6.61 Å². The Morgan fingerprint density at radius 2 is 2.14 bits per heavy atom. The monoisotopic (exact) mass is 325 g/mol. The van der Waals surface area contributed by atoms with Crippen LogP contribution in [0.4, 0.5) is 19.0 Å². The highest BCUT2D eigenvalue weighted by atomic mass is 19.3. The van der Waals surface area contributed by atoms with Crippen molar-refractivity contribution in [2.24, 2.45) is 0 Å². The number of anilines is 1. The van der Waals surface area contributed by atoms with E-state index in [1.807, 2.05) is 0 Å². The molecule has 0 aliphatic carbocycles. The molecule has 1 aromatic heterocycles. The van der Waals surface area contributed by atoms with Gasteiger partial charge in [-0.25, -0.2) is 9.18 Å². The highest BCUT2D eigenvalue weighted by Gasteiger charge is 2.69. The fraction of sp³-hybridized carbons (Fsp3) is 0.636. The number of hydrogen-bond acceptors (Lipinski definition) is 7. The quantitative estimate of drug-likeness (QED) is 0.513. The molecule has 1 aromatic rings. The standard InChI is InChI=1S/C11H14F3N3O5/c12-4-10(13,14)11(8(20)7(19)5(3-18)22-11)17-2-1-6(15)16-9(17)21/h1-2,5,7-8,18-20H,3-4H2,(H2,15,16,21)/t5-,7-,8-,11+/m1/s1. The van der Waals surface area contributed by atoms with Gasteiger partial charge in [-0.3, -0.25) is 4.57 Å². The number of rotatable bonds is 4. The van der Waals surface area contributed by atoms with Crippen LogP contribution in [0.15, 0.2) is 17.1 Å². The Balaban J connectivity index is 2.70. The van der Waals surface area contributed by atoms with Crippen LogP contribution >= 0.6 is 0 Å². The second kappa shape index (κ2) is 5.50. The fourth-order valence-electron chi connectivity index (χ4n) is 2.39. The number of aromatic nitrogens is 2. The van der Waals surface area contributed by atoms with Gasteiger partial charge in [0.2, 0.25) is 5.72 Å². The molecule has 0 spiro atoms. The van der Waals surface area contributed by atoms with Gasteiger partial charge in [-0.2, -0.15) is 13.8 Å². The Labute approximate surface area is 121 Å². The molecule has 124 valence electrons. The van der Waals surface area contributed by atoms with Crippen LogP contribution in [0.3, 0.4) is 0 Å². The molecule has 0 radical (unpaired) electrons. The number of ether oxygens (including phenoxy) is 1. The fourth-order valence-corrected chi connectivity index (χ4v) is 2.39. The lowest BCUT2D eigenvalue weighted by atomic mass is 9.96. The average Bonchev–Trinajstić information content (AvgIpc) is 2.73. The van der Waals surface area contributed by atoms with Crippen molar-refractivity contribution in [1.82, 2.24) is 9.55 Å². The third kappa shape index (κ3) is 2.17. The van der Waals surface area contributed by atoms with E-state index in [-0.39, 0.29) is 10.4 Å². The highest BCUT2D eigenvalue weighted by Crippen LogP contribution is 2.46. The van der Waals surface area contributed by atoms with E-state index in [2.05, 4.69) is 4.98 Å². The molecule has 0 aromatic carbocycles. The number of nitrogen functional groups attached to an aromatic ring is 1. The van der Waals surface area contributed by atoms with Crippen molar-refractivity contribution < 1.29 is 33.2 Å². The van der Waals surface area contributed by atoms with Gasteiger partial charge in [0.15, 0.2) is 6.67 Å². The first kappa shape index (κ1) is 16.7. The van der Waals surface area contributed by atoms with Crippen LogP contribution in [-0.4, -0.2) is 62.4 Å². The molecule has 2 heterocycles. The van der Waals surface area contributed by atoms with E-state index in [4.69, 9.17) is 15.6 Å². The number of hydrogen-bond donors (Lipinski definition) is 4. The predicted octanol–water partition coefficient (Wildman–Crippen LogP) is -1.80. The van der Waals surface area contributed by atoms with Gasteiger partial charge in [0, 0.05) is 6.20 Å². The molecule has 11 heteroatoms. The molecule has 8 nitrogen and oxygen atoms in total. The third-order valence-electron chi connectivity index (χ3n) is 3.49. The lowest BCUT2D eigenvalue weighted by molar-refractivity contribution is -0.282. The molecule has 4 atom stereocenters. The first-order valence-corrected chi connectivity index (χ1v) is 6.15. The minimum absolute atomic E-state index is 0.159. The van der Waals surface area contributed by atoms with Crippen molar-refractivity contribution in [2.45, 2.75) is 30.0 Å². The van der Waals surface area contributed by atoms with E-state index in [0.29, 0.717) is 0 Å². The van der Waals surface area contributed by atoms with Gasteiger partial charge in [0.1, 0.15) is 24.1 Å². The summed E-state index contributed by atoms with van der Waals surface area (Å²) in [4.78, 5) is 15.0. The summed E-state index contributed by atoms with van der Waals surface area (Å²) >= 11 is 0. The zero-order valence-electron chi connectivity index (χ0n) is 11.1. The Bertz CT molecular complexity index is 613. The molecule has 0 unspecified atom stereocenters. The van der Waals surface area contributed by atoms with Crippen molar-refractivity contribution in [3.63, 3.8) is 0 Å². The maximum absolute atomic E-state index is 14.1. The summed E-state index contributed by atoms with van der Waals surface area (Å²) in [5.74, 6) is -4.68. The Morgan fingerprint density at radius 3 is 2.59 bits per heavy atom. The summed E-state index contributed by atoms with van der Waals surface area (Å²) in [7, 11) is 0. The number of halogens is 3. The van der Waals surface area contributed by atoms with E-state index in [1.54, 1.807) is 0 Å². The molecule has 0 amide bonds. The molecular weight excluding hydrogens is 311 g/mol. The molecule has 5 N–H and O–H groups in total. The van der Waals surface area contributed by atoms with E-state index in [0.717, 1.165) is 12.3 Å². The predicted molar refractivity (Wildman–Crippen MR) is 65.8 cm³/mol. The van der Waals surface area contributed by atoms with Gasteiger partial charge in [-0.15, -0.1) is 0 Å². The van der Waals surface area contributed by atoms with Gasteiger partial charge < -0.3 is 25.8 Å². The largest absolute Gasteiger partial charge is 0.394 e. The zero-order valence-corrected chi connectivity index (χ0v) is 11.1. The van der Waals surface area contributed by atoms with Crippen LogP contribution < -0.4 is 11.4 Å². The highest BCUT2D eigenvalue weighted by molar-refractivity contribution is 5.24. The molecule has 0 saturated carbocycles. The van der Waals surface area contributed by atoms with Crippen LogP contribution in [0.5, 0.6) is 0 Å². The number of nitrogens with zero attached hydrogens (tertiary/aromatic N) is 2. The summed E-state index contributed by atoms with van der Waals surface area (Å²) < 4.78 is 46.1. The molecular formula is C11H14F3N3O5. The topological polar surface area (TPSA) is 131 Å². The van der Waals surface area contributed by atoms with Crippen LogP contribution in [0, 0.1) is 0 Å². The van der Waals surface area contributed by atoms with E-state index in [9.17, 15) is 28.2 Å². The van der Waals surface area contributed by atoms with Crippen molar-refractivity contribution in [3.05, 3.63) is 22.7 Å². The van der Waals surface area contributed by atoms with Crippen molar-refractivity contribution in [2.75, 3.05) is 19.0 Å². The summed E-state index contributed by atoms with van der Waals surface area (Å²) in [6, 6.07) is 0.964. The van der Waals surface area contributed by atoms with E-state index in [1.165, 1.54) is 0 Å². The van der Waals surface area contributed by atoms with Crippen molar-refractivity contribution >= 4 is 5.82 Å². The Hall–Kier alpha value is -1.69. The smallest absolute Gasteiger partial charge is 0.352 e. The first-order valence-electron chi connectivity index (χ1n) is 6.15. The minimum atomic E-state index is -4.39. The summed E-state index contributed by atoms with van der Waals surface area (Å²) in [6.45, 7) is -3.22. The van der Waals surface area contributed by atoms with Gasteiger partial charge >= 0.3 is 11.6 Å². The van der Waals surface area contributed by atoms with E-state index < -0.39 is 48.9 Å². The Kier molecular flexibility index (Phi) is 4.17. The molecule has 0 bridgehead atoms. The third-order valence-corrected chi connectivity index (χ3v) is 3.49. The molecule has 1 saturated heterocycles. The lowest BCUT2D eigenvalue weighted by Crippen LogP contribution is -2.62. The summed E-state index contributed by atoms with van der Waals surface area (Å²) in [6.07, 6.45) is -5.26. The number of aliphatic hydroxyl groups is 3. The van der Waals surface area contributed by atoms with Crippen LogP contribution in [-0.2, 0) is 10.5 Å². The van der Waals surface area contributed by atoms with Gasteiger partial charge in [0.25, 0.3) is 0 Å². The molecule has 1 aliphatic rings. The molecule has 1 fully saturated rings. The van der Waals surface area contributed by atoms with Crippen LogP contribution in [0.2, 0.25) is 0 Å². The second-order valence-corrected chi connectivity index (χ2v) is 4.81. The van der Waals surface area contributed by atoms with Crippen molar-refractivity contribution in [1.29, 1.82) is 0 Å². The maximum Gasteiger partial charge on any atom is 0.352 e. The van der Waals surface area contributed by atoms with Crippen molar-refractivity contribution in [3.8, 4) is 0 Å². The normalized spacial score (nSPS) is 32.4. The van der Waals surface area contributed by atoms with E-state index >= 15 is 0 Å². The first-order chi connectivity index (χ1) is 10.2. The average molecular weight is 325 g/mol. The Morgan fingerprint density at radius 1 is 1.50 bits per heavy atom. The molecule has 1 aliphatic heterocycles.